The van der Waals surface area contributed by atoms with Crippen molar-refractivity contribution in [2.24, 2.45) is 0 Å². The van der Waals surface area contributed by atoms with Gasteiger partial charge in [-0.05, 0) is 37.3 Å². The van der Waals surface area contributed by atoms with E-state index in [1.807, 2.05) is 38.3 Å². The van der Waals surface area contributed by atoms with Crippen molar-refractivity contribution in [2.45, 2.75) is 19.0 Å². The predicted octanol–water partition coefficient (Wildman–Crippen LogP) is 4.26. The zero-order chi connectivity index (χ0) is 13.1. The summed E-state index contributed by atoms with van der Waals surface area (Å²) in [5.74, 6) is 1.25. The van der Waals surface area contributed by atoms with Crippen molar-refractivity contribution in [1.29, 1.82) is 0 Å². The molecule has 0 aliphatic carbocycles. The van der Waals surface area contributed by atoms with Crippen molar-refractivity contribution >= 4 is 23.4 Å². The van der Waals surface area contributed by atoms with Crippen LogP contribution in [-0.2, 0) is 0 Å². The number of hydrogen-bond acceptors (Lipinski definition) is 4. The zero-order valence-electron chi connectivity index (χ0n) is 10.4. The molecule has 0 fully saturated rings. The van der Waals surface area contributed by atoms with E-state index in [2.05, 4.69) is 9.97 Å². The molecule has 1 aromatic heterocycles. The Morgan fingerprint density at radius 3 is 2.72 bits per heavy atom. The Morgan fingerprint density at radius 2 is 2.00 bits per heavy atom. The predicted molar refractivity (Wildman–Crippen MR) is 74.8 cm³/mol. The molecule has 0 atom stereocenters. The van der Waals surface area contributed by atoms with Crippen LogP contribution in [-0.4, -0.2) is 16.2 Å². The molecule has 0 spiro atoms. The van der Waals surface area contributed by atoms with Crippen molar-refractivity contribution in [2.75, 3.05) is 6.26 Å². The Kier molecular flexibility index (Phi) is 4.09. The third kappa shape index (κ3) is 2.94. The number of hydrogen-bond donors (Lipinski definition) is 0. The van der Waals surface area contributed by atoms with Crippen LogP contribution in [0.2, 0.25) is 5.15 Å². The van der Waals surface area contributed by atoms with E-state index >= 15 is 0 Å². The second kappa shape index (κ2) is 5.59. The van der Waals surface area contributed by atoms with Crippen LogP contribution in [0.4, 0.5) is 0 Å². The molecule has 94 valence electrons. The van der Waals surface area contributed by atoms with E-state index in [4.69, 9.17) is 16.3 Å². The maximum absolute atomic E-state index is 5.92. The molecular formula is C13H13ClN2OS. The van der Waals surface area contributed by atoms with Gasteiger partial charge in [0.15, 0.2) is 5.16 Å². The molecule has 1 heterocycles. The summed E-state index contributed by atoms with van der Waals surface area (Å²) in [6, 6.07) is 7.53. The Labute approximate surface area is 116 Å². The quantitative estimate of drug-likeness (QED) is 0.478. The highest BCUT2D eigenvalue weighted by Crippen LogP contribution is 2.27. The van der Waals surface area contributed by atoms with Crippen molar-refractivity contribution in [1.82, 2.24) is 9.97 Å². The lowest BCUT2D eigenvalue weighted by Gasteiger charge is -2.10. The number of benzene rings is 1. The molecule has 0 radical (unpaired) electrons. The van der Waals surface area contributed by atoms with Crippen molar-refractivity contribution in [3.05, 3.63) is 40.5 Å². The van der Waals surface area contributed by atoms with E-state index in [1.165, 1.54) is 17.3 Å². The molecular weight excluding hydrogens is 268 g/mol. The number of ether oxygens (including phenoxy) is 1. The SMILES string of the molecule is CSc1nc(Cl)cc(Oc2cccc(C)c2C)n1. The summed E-state index contributed by atoms with van der Waals surface area (Å²) in [7, 11) is 0. The van der Waals surface area contributed by atoms with Crippen LogP contribution in [0.15, 0.2) is 29.4 Å². The van der Waals surface area contributed by atoms with Gasteiger partial charge in [-0.1, -0.05) is 35.5 Å². The summed E-state index contributed by atoms with van der Waals surface area (Å²) in [5.41, 5.74) is 2.27. The Hall–Kier alpha value is -1.26. The maximum Gasteiger partial charge on any atom is 0.224 e. The van der Waals surface area contributed by atoms with Gasteiger partial charge < -0.3 is 4.74 Å². The van der Waals surface area contributed by atoms with E-state index in [0.29, 0.717) is 16.2 Å². The van der Waals surface area contributed by atoms with Crippen LogP contribution in [0.1, 0.15) is 11.1 Å². The van der Waals surface area contributed by atoms with Gasteiger partial charge in [-0.15, -0.1) is 0 Å². The fourth-order valence-electron chi connectivity index (χ4n) is 1.47. The molecule has 3 nitrogen and oxygen atoms in total. The smallest absolute Gasteiger partial charge is 0.224 e. The lowest BCUT2D eigenvalue weighted by atomic mass is 10.1. The van der Waals surface area contributed by atoms with E-state index in [0.717, 1.165) is 11.3 Å². The lowest BCUT2D eigenvalue weighted by Crippen LogP contribution is -1.94. The van der Waals surface area contributed by atoms with Gasteiger partial charge in [-0.2, -0.15) is 4.98 Å². The molecule has 0 saturated carbocycles. The van der Waals surface area contributed by atoms with Crippen LogP contribution in [0.25, 0.3) is 0 Å². The normalized spacial score (nSPS) is 10.4. The first-order valence-electron chi connectivity index (χ1n) is 5.43. The van der Waals surface area contributed by atoms with Gasteiger partial charge in [0.2, 0.25) is 5.88 Å². The van der Waals surface area contributed by atoms with Crippen LogP contribution < -0.4 is 4.74 Å². The van der Waals surface area contributed by atoms with E-state index < -0.39 is 0 Å². The summed E-state index contributed by atoms with van der Waals surface area (Å²) in [5, 5.41) is 0.984. The summed E-state index contributed by atoms with van der Waals surface area (Å²) in [6.45, 7) is 4.06. The lowest BCUT2D eigenvalue weighted by molar-refractivity contribution is 0.452. The Balaban J connectivity index is 2.34. The first-order chi connectivity index (χ1) is 8.60. The standard InChI is InChI=1S/C13H13ClN2OS/c1-8-5-4-6-10(9(8)2)17-12-7-11(14)15-13(16-12)18-3/h4-7H,1-3H3. The second-order valence-electron chi connectivity index (χ2n) is 3.82. The van der Waals surface area contributed by atoms with Crippen molar-refractivity contribution < 1.29 is 4.74 Å². The topological polar surface area (TPSA) is 35.0 Å². The summed E-state index contributed by atoms with van der Waals surface area (Å²) >= 11 is 7.35. The average molecular weight is 281 g/mol. The van der Waals surface area contributed by atoms with Crippen LogP contribution in [0.3, 0.4) is 0 Å². The van der Waals surface area contributed by atoms with Crippen LogP contribution in [0.5, 0.6) is 11.6 Å². The van der Waals surface area contributed by atoms with Gasteiger partial charge in [-0.25, -0.2) is 4.98 Å². The minimum absolute atomic E-state index is 0.384. The number of aromatic nitrogens is 2. The number of halogens is 1. The van der Waals surface area contributed by atoms with Crippen molar-refractivity contribution in [3.63, 3.8) is 0 Å². The van der Waals surface area contributed by atoms with Gasteiger partial charge in [0.05, 0.1) is 0 Å². The molecule has 0 bridgehead atoms. The first-order valence-corrected chi connectivity index (χ1v) is 7.03. The van der Waals surface area contributed by atoms with Gasteiger partial charge in [0.25, 0.3) is 0 Å². The first kappa shape index (κ1) is 13.2. The number of thioether (sulfide) groups is 1. The summed E-state index contributed by atoms with van der Waals surface area (Å²) < 4.78 is 5.76. The molecule has 0 amide bonds. The second-order valence-corrected chi connectivity index (χ2v) is 4.98. The molecule has 5 heteroatoms. The highest BCUT2D eigenvalue weighted by Gasteiger charge is 2.07. The third-order valence-corrected chi connectivity index (χ3v) is 3.34. The van der Waals surface area contributed by atoms with Crippen LogP contribution in [0, 0.1) is 13.8 Å². The van der Waals surface area contributed by atoms with E-state index in [-0.39, 0.29) is 0 Å². The number of aryl methyl sites for hydroxylation is 1. The minimum Gasteiger partial charge on any atom is -0.439 e. The molecule has 1 aromatic carbocycles. The Morgan fingerprint density at radius 1 is 1.22 bits per heavy atom. The monoisotopic (exact) mass is 280 g/mol. The third-order valence-electron chi connectivity index (χ3n) is 2.60. The van der Waals surface area contributed by atoms with Gasteiger partial charge in [-0.3, -0.25) is 0 Å². The minimum atomic E-state index is 0.384. The zero-order valence-corrected chi connectivity index (χ0v) is 12.0. The van der Waals surface area contributed by atoms with E-state index in [9.17, 15) is 0 Å². The number of nitrogens with zero attached hydrogens (tertiary/aromatic N) is 2. The fourth-order valence-corrected chi connectivity index (χ4v) is 2.06. The molecule has 2 aromatic rings. The van der Waals surface area contributed by atoms with Gasteiger partial charge in [0.1, 0.15) is 10.9 Å². The summed E-state index contributed by atoms with van der Waals surface area (Å²) in [4.78, 5) is 8.33. The Bertz CT molecular complexity index is 575. The van der Waals surface area contributed by atoms with Crippen molar-refractivity contribution in [3.8, 4) is 11.6 Å². The average Bonchev–Trinajstić information content (AvgIpc) is 2.34. The summed E-state index contributed by atoms with van der Waals surface area (Å²) in [6.07, 6.45) is 1.90. The largest absolute Gasteiger partial charge is 0.439 e. The molecule has 0 unspecified atom stereocenters. The molecule has 18 heavy (non-hydrogen) atoms. The van der Waals surface area contributed by atoms with Gasteiger partial charge >= 0.3 is 0 Å². The highest BCUT2D eigenvalue weighted by molar-refractivity contribution is 7.98. The number of rotatable bonds is 3. The molecule has 0 N–H and O–H groups in total. The molecule has 0 aliphatic heterocycles. The molecule has 2 rings (SSSR count). The fraction of sp³-hybridized carbons (Fsp3) is 0.231. The van der Waals surface area contributed by atoms with Gasteiger partial charge in [0, 0.05) is 6.07 Å². The molecule has 0 saturated heterocycles. The van der Waals surface area contributed by atoms with Crippen LogP contribution >= 0.6 is 23.4 Å². The molecule has 0 aliphatic rings. The van der Waals surface area contributed by atoms with E-state index in [1.54, 1.807) is 6.07 Å². The maximum atomic E-state index is 5.92. The highest BCUT2D eigenvalue weighted by atomic mass is 35.5.